The van der Waals surface area contributed by atoms with E-state index >= 15 is 0 Å². The van der Waals surface area contributed by atoms with Gasteiger partial charge in [-0.1, -0.05) is 36.4 Å². The summed E-state index contributed by atoms with van der Waals surface area (Å²) < 4.78 is 0. The lowest BCUT2D eigenvalue weighted by Crippen LogP contribution is -2.25. The van der Waals surface area contributed by atoms with E-state index in [1.807, 2.05) is 19.2 Å². The van der Waals surface area contributed by atoms with Crippen LogP contribution in [-0.2, 0) is 6.42 Å². The van der Waals surface area contributed by atoms with Gasteiger partial charge in [-0.3, -0.25) is 0 Å². The van der Waals surface area contributed by atoms with E-state index in [1.165, 1.54) is 5.56 Å². The molecule has 3 heteroatoms. The molecule has 1 aliphatic carbocycles. The third-order valence-electron chi connectivity index (χ3n) is 4.48. The van der Waals surface area contributed by atoms with Crippen LogP contribution in [0.4, 0.5) is 0 Å². The fourth-order valence-electron chi connectivity index (χ4n) is 3.46. The first-order valence-electron chi connectivity index (χ1n) is 7.44. The molecule has 0 heterocycles. The maximum Gasteiger partial charge on any atom is 0.160 e. The predicted molar refractivity (Wildman–Crippen MR) is 83.9 cm³/mol. The Morgan fingerprint density at radius 2 is 1.86 bits per heavy atom. The van der Waals surface area contributed by atoms with Crippen molar-refractivity contribution in [1.82, 2.24) is 5.32 Å². The van der Waals surface area contributed by atoms with Crippen molar-refractivity contribution in [2.24, 2.45) is 0 Å². The fourth-order valence-corrected chi connectivity index (χ4v) is 3.46. The average Bonchev–Trinajstić information content (AvgIpc) is 2.52. The Bertz CT molecular complexity index is 625. The second-order valence-corrected chi connectivity index (χ2v) is 5.80. The number of likely N-dealkylation sites (N-methyl/N-ethyl adjacent to an activating group) is 1. The van der Waals surface area contributed by atoms with Gasteiger partial charge in [0.05, 0.1) is 0 Å². The molecule has 0 saturated heterocycles. The number of benzene rings is 2. The molecule has 0 aromatic heterocycles. The number of aromatic hydroxyl groups is 2. The van der Waals surface area contributed by atoms with E-state index in [2.05, 4.69) is 29.6 Å². The van der Waals surface area contributed by atoms with Crippen molar-refractivity contribution in [3.05, 3.63) is 59.2 Å². The first-order valence-corrected chi connectivity index (χ1v) is 7.44. The Labute approximate surface area is 125 Å². The summed E-state index contributed by atoms with van der Waals surface area (Å²) in [5.74, 6) is 0.764. The van der Waals surface area contributed by atoms with E-state index in [0.717, 1.165) is 30.5 Å². The summed E-state index contributed by atoms with van der Waals surface area (Å²) >= 11 is 0. The van der Waals surface area contributed by atoms with Crippen LogP contribution >= 0.6 is 0 Å². The first-order chi connectivity index (χ1) is 10.2. The van der Waals surface area contributed by atoms with E-state index in [9.17, 15) is 10.2 Å². The molecule has 2 aromatic carbocycles. The van der Waals surface area contributed by atoms with Gasteiger partial charge in [-0.05, 0) is 48.9 Å². The van der Waals surface area contributed by atoms with Crippen LogP contribution in [0.5, 0.6) is 11.5 Å². The lowest BCUT2D eigenvalue weighted by atomic mass is 9.74. The molecule has 0 bridgehead atoms. The van der Waals surface area contributed by atoms with E-state index in [-0.39, 0.29) is 11.5 Å². The number of fused-ring (bicyclic) bond motifs is 1. The number of hydrogen-bond acceptors (Lipinski definition) is 3. The molecule has 0 amide bonds. The van der Waals surface area contributed by atoms with Gasteiger partial charge < -0.3 is 15.5 Å². The molecular formula is C18H21NO2. The van der Waals surface area contributed by atoms with Crippen molar-refractivity contribution in [2.75, 3.05) is 13.6 Å². The largest absolute Gasteiger partial charge is 0.504 e. The summed E-state index contributed by atoms with van der Waals surface area (Å²) in [5, 5.41) is 23.2. The van der Waals surface area contributed by atoms with Crippen molar-refractivity contribution in [3.8, 4) is 11.5 Å². The lowest BCUT2D eigenvalue weighted by Gasteiger charge is -2.32. The third-order valence-corrected chi connectivity index (χ3v) is 4.48. The van der Waals surface area contributed by atoms with Crippen molar-refractivity contribution in [1.29, 1.82) is 0 Å². The molecule has 3 rings (SSSR count). The van der Waals surface area contributed by atoms with Gasteiger partial charge in [-0.2, -0.15) is 0 Å². The second kappa shape index (κ2) is 5.78. The molecule has 0 saturated carbocycles. The Morgan fingerprint density at radius 1 is 1.10 bits per heavy atom. The molecule has 0 fully saturated rings. The molecule has 2 aromatic rings. The standard InChI is InChI=1S/C18H21NO2/c1-19-11-14-9-13(12-5-3-2-4-6-12)10-16-15(14)7-8-17(20)18(16)21/h2-8,13-14,19-21H,9-11H2,1H3/t13-,14-/m0/s1. The summed E-state index contributed by atoms with van der Waals surface area (Å²) in [4.78, 5) is 0. The van der Waals surface area contributed by atoms with Crippen LogP contribution in [0, 0.1) is 0 Å². The summed E-state index contributed by atoms with van der Waals surface area (Å²) in [6.07, 6.45) is 1.84. The summed E-state index contributed by atoms with van der Waals surface area (Å²) in [5.41, 5.74) is 3.36. The van der Waals surface area contributed by atoms with Crippen LogP contribution in [0.15, 0.2) is 42.5 Å². The number of rotatable bonds is 3. The smallest absolute Gasteiger partial charge is 0.160 e. The Kier molecular flexibility index (Phi) is 3.84. The Balaban J connectivity index is 2.01. The third kappa shape index (κ3) is 2.61. The van der Waals surface area contributed by atoms with Gasteiger partial charge in [0, 0.05) is 12.1 Å². The molecule has 1 aliphatic rings. The van der Waals surface area contributed by atoms with Crippen LogP contribution in [0.1, 0.15) is 34.9 Å². The normalized spacial score (nSPS) is 21.0. The van der Waals surface area contributed by atoms with Crippen molar-refractivity contribution >= 4 is 0 Å². The molecule has 0 spiro atoms. The molecule has 2 atom stereocenters. The zero-order valence-corrected chi connectivity index (χ0v) is 12.2. The lowest BCUT2D eigenvalue weighted by molar-refractivity contribution is 0.387. The SMILES string of the molecule is CNC[C@@H]1C[C@H](c2ccccc2)Cc2c1ccc(O)c2O. The van der Waals surface area contributed by atoms with Gasteiger partial charge >= 0.3 is 0 Å². The van der Waals surface area contributed by atoms with Crippen LogP contribution in [0.25, 0.3) is 0 Å². The van der Waals surface area contributed by atoms with Crippen molar-refractivity contribution in [2.45, 2.75) is 24.7 Å². The van der Waals surface area contributed by atoms with Gasteiger partial charge in [0.2, 0.25) is 0 Å². The summed E-state index contributed by atoms with van der Waals surface area (Å²) in [6, 6.07) is 14.0. The highest BCUT2D eigenvalue weighted by Crippen LogP contribution is 2.45. The van der Waals surface area contributed by atoms with Crippen LogP contribution in [0.3, 0.4) is 0 Å². The zero-order valence-electron chi connectivity index (χ0n) is 12.2. The fraction of sp³-hybridized carbons (Fsp3) is 0.333. The quantitative estimate of drug-likeness (QED) is 0.759. The van der Waals surface area contributed by atoms with Crippen LogP contribution < -0.4 is 5.32 Å². The van der Waals surface area contributed by atoms with Gasteiger partial charge in [0.25, 0.3) is 0 Å². The molecule has 0 radical (unpaired) electrons. The summed E-state index contributed by atoms with van der Waals surface area (Å²) in [6.45, 7) is 0.876. The molecule has 3 nitrogen and oxygen atoms in total. The van der Waals surface area contributed by atoms with E-state index in [4.69, 9.17) is 0 Å². The van der Waals surface area contributed by atoms with Crippen LogP contribution in [0.2, 0.25) is 0 Å². The first kappa shape index (κ1) is 14.0. The number of phenols is 2. The van der Waals surface area contributed by atoms with Crippen molar-refractivity contribution < 1.29 is 10.2 Å². The van der Waals surface area contributed by atoms with Crippen LogP contribution in [-0.4, -0.2) is 23.8 Å². The molecule has 110 valence electrons. The molecular weight excluding hydrogens is 262 g/mol. The second-order valence-electron chi connectivity index (χ2n) is 5.80. The van der Waals surface area contributed by atoms with Gasteiger partial charge in [-0.15, -0.1) is 0 Å². The maximum absolute atomic E-state index is 10.2. The Morgan fingerprint density at radius 3 is 2.57 bits per heavy atom. The monoisotopic (exact) mass is 283 g/mol. The zero-order chi connectivity index (χ0) is 14.8. The minimum Gasteiger partial charge on any atom is -0.504 e. The number of phenolic OH excluding ortho intramolecular Hbond substituents is 2. The average molecular weight is 283 g/mol. The molecule has 0 aliphatic heterocycles. The molecule has 3 N–H and O–H groups in total. The highest BCUT2D eigenvalue weighted by molar-refractivity contribution is 5.52. The topological polar surface area (TPSA) is 52.5 Å². The predicted octanol–water partition coefficient (Wildman–Crippen LogP) is 3.13. The van der Waals surface area contributed by atoms with E-state index in [1.54, 1.807) is 6.07 Å². The highest BCUT2D eigenvalue weighted by atomic mass is 16.3. The maximum atomic E-state index is 10.2. The highest BCUT2D eigenvalue weighted by Gasteiger charge is 2.30. The molecule has 0 unspecified atom stereocenters. The van der Waals surface area contributed by atoms with Crippen molar-refractivity contribution in [3.63, 3.8) is 0 Å². The van der Waals surface area contributed by atoms with Gasteiger partial charge in [-0.25, -0.2) is 0 Å². The number of nitrogens with one attached hydrogen (secondary N) is 1. The van der Waals surface area contributed by atoms with Gasteiger partial charge in [0.1, 0.15) is 0 Å². The number of hydrogen-bond donors (Lipinski definition) is 3. The minimum atomic E-state index is -0.0225. The van der Waals surface area contributed by atoms with Gasteiger partial charge in [0.15, 0.2) is 11.5 Å². The Hall–Kier alpha value is -2.00. The van der Waals surface area contributed by atoms with E-state index in [0.29, 0.717) is 11.8 Å². The summed E-state index contributed by atoms with van der Waals surface area (Å²) in [7, 11) is 1.95. The van der Waals surface area contributed by atoms with E-state index < -0.39 is 0 Å². The molecule has 21 heavy (non-hydrogen) atoms. The minimum absolute atomic E-state index is 0.0225.